The van der Waals surface area contributed by atoms with Crippen LogP contribution in [0.25, 0.3) is 0 Å². The van der Waals surface area contributed by atoms with Crippen molar-refractivity contribution in [1.82, 2.24) is 5.32 Å². The molecule has 14 heavy (non-hydrogen) atoms. The van der Waals surface area contributed by atoms with Crippen molar-refractivity contribution < 1.29 is 9.90 Å². The van der Waals surface area contributed by atoms with Crippen LogP contribution < -0.4 is 5.32 Å². The maximum atomic E-state index is 10.7. The molecule has 0 bridgehead atoms. The van der Waals surface area contributed by atoms with Gasteiger partial charge < -0.3 is 5.11 Å². The number of benzene rings is 1. The van der Waals surface area contributed by atoms with E-state index in [2.05, 4.69) is 5.32 Å². The number of aldehydes is 1. The molecule has 1 heterocycles. The Morgan fingerprint density at radius 3 is 2.57 bits per heavy atom. The fourth-order valence-electron chi connectivity index (χ4n) is 1.57. The van der Waals surface area contributed by atoms with Gasteiger partial charge >= 0.3 is 0 Å². The Bertz CT molecular complexity index is 337. The standard InChI is InChI=1S/C10H11NO2.ClH/c12-7-8-3-1-2-4-9(8)10(13)5-6-11-10;/h1-4,7,11,13H,5-6H2;1H/t10-;/m1./s1. The minimum atomic E-state index is -0.975. The number of aliphatic hydroxyl groups is 1. The summed E-state index contributed by atoms with van der Waals surface area (Å²) in [6.45, 7) is 0.795. The number of carbonyl (C=O) groups excluding carboxylic acids is 1. The lowest BCUT2D eigenvalue weighted by atomic mass is 9.90. The third-order valence-electron chi connectivity index (χ3n) is 2.44. The van der Waals surface area contributed by atoms with Crippen LogP contribution in [-0.4, -0.2) is 17.9 Å². The van der Waals surface area contributed by atoms with Crippen molar-refractivity contribution in [2.45, 2.75) is 12.1 Å². The van der Waals surface area contributed by atoms with E-state index < -0.39 is 5.72 Å². The molecule has 76 valence electrons. The van der Waals surface area contributed by atoms with Gasteiger partial charge in [-0.05, 0) is 0 Å². The number of halogens is 1. The molecular weight excluding hydrogens is 202 g/mol. The summed E-state index contributed by atoms with van der Waals surface area (Å²) in [4.78, 5) is 10.7. The highest BCUT2D eigenvalue weighted by Gasteiger charge is 2.37. The van der Waals surface area contributed by atoms with Gasteiger partial charge in [-0.1, -0.05) is 24.3 Å². The van der Waals surface area contributed by atoms with Crippen molar-refractivity contribution in [3.8, 4) is 0 Å². The minimum Gasteiger partial charge on any atom is -0.371 e. The van der Waals surface area contributed by atoms with Crippen LogP contribution in [0.4, 0.5) is 0 Å². The summed E-state index contributed by atoms with van der Waals surface area (Å²) in [5.74, 6) is 0. The van der Waals surface area contributed by atoms with Crippen LogP contribution in [0.2, 0.25) is 0 Å². The minimum absolute atomic E-state index is 0. The molecular formula is C10H12ClNO2. The van der Waals surface area contributed by atoms with E-state index in [4.69, 9.17) is 0 Å². The molecule has 1 saturated heterocycles. The molecule has 1 atom stereocenters. The van der Waals surface area contributed by atoms with Crippen LogP contribution in [-0.2, 0) is 5.72 Å². The molecule has 3 nitrogen and oxygen atoms in total. The molecule has 1 aliphatic heterocycles. The van der Waals surface area contributed by atoms with Crippen LogP contribution in [0.15, 0.2) is 24.3 Å². The van der Waals surface area contributed by atoms with Crippen molar-refractivity contribution in [3.05, 3.63) is 35.4 Å². The number of hydrogen-bond acceptors (Lipinski definition) is 3. The van der Waals surface area contributed by atoms with Crippen LogP contribution in [0, 0.1) is 0 Å². The van der Waals surface area contributed by atoms with E-state index in [-0.39, 0.29) is 12.4 Å². The van der Waals surface area contributed by atoms with Gasteiger partial charge in [0.2, 0.25) is 0 Å². The number of carbonyl (C=O) groups is 1. The molecule has 1 aliphatic rings. The summed E-state index contributed by atoms with van der Waals surface area (Å²) in [6, 6.07) is 7.09. The average molecular weight is 214 g/mol. The summed E-state index contributed by atoms with van der Waals surface area (Å²) in [5, 5.41) is 12.8. The molecule has 4 heteroatoms. The van der Waals surface area contributed by atoms with E-state index in [0.717, 1.165) is 12.8 Å². The zero-order valence-electron chi connectivity index (χ0n) is 7.56. The first kappa shape index (κ1) is 11.2. The molecule has 0 aromatic heterocycles. The molecule has 0 radical (unpaired) electrons. The quantitative estimate of drug-likeness (QED) is 0.723. The lowest BCUT2D eigenvalue weighted by molar-refractivity contribution is -0.0610. The predicted octanol–water partition coefficient (Wildman–Crippen LogP) is 1.06. The number of rotatable bonds is 2. The Labute approximate surface area is 88.5 Å². The zero-order valence-corrected chi connectivity index (χ0v) is 8.38. The molecule has 0 saturated carbocycles. The third kappa shape index (κ3) is 1.66. The van der Waals surface area contributed by atoms with Crippen LogP contribution in [0.5, 0.6) is 0 Å². The lowest BCUT2D eigenvalue weighted by Gasteiger charge is -2.39. The zero-order chi connectivity index (χ0) is 9.31. The van der Waals surface area contributed by atoms with Crippen molar-refractivity contribution in [3.63, 3.8) is 0 Å². The second kappa shape index (κ2) is 4.09. The first-order valence-electron chi connectivity index (χ1n) is 4.28. The predicted molar refractivity (Wildman–Crippen MR) is 55.6 cm³/mol. The molecule has 1 aromatic carbocycles. The second-order valence-electron chi connectivity index (χ2n) is 3.24. The van der Waals surface area contributed by atoms with Gasteiger partial charge in [0.25, 0.3) is 0 Å². The van der Waals surface area contributed by atoms with Gasteiger partial charge in [-0.2, -0.15) is 0 Å². The van der Waals surface area contributed by atoms with Gasteiger partial charge in [-0.25, -0.2) is 0 Å². The SMILES string of the molecule is Cl.O=Cc1ccccc1[C@]1(O)CCN1. The van der Waals surface area contributed by atoms with E-state index in [1.54, 1.807) is 18.2 Å². The molecule has 0 amide bonds. The van der Waals surface area contributed by atoms with Crippen LogP contribution in [0.3, 0.4) is 0 Å². The van der Waals surface area contributed by atoms with Crippen LogP contribution in [0.1, 0.15) is 22.3 Å². The average Bonchev–Trinajstić information content (AvgIpc) is 2.14. The van der Waals surface area contributed by atoms with E-state index in [1.165, 1.54) is 0 Å². The Morgan fingerprint density at radius 1 is 1.43 bits per heavy atom. The van der Waals surface area contributed by atoms with Gasteiger partial charge in [-0.15, -0.1) is 12.4 Å². The van der Waals surface area contributed by atoms with Gasteiger partial charge in [0.05, 0.1) is 0 Å². The fourth-order valence-corrected chi connectivity index (χ4v) is 1.57. The molecule has 2 N–H and O–H groups in total. The van der Waals surface area contributed by atoms with Gasteiger partial charge in [-0.3, -0.25) is 10.1 Å². The van der Waals surface area contributed by atoms with Crippen LogP contribution >= 0.6 is 12.4 Å². The highest BCUT2D eigenvalue weighted by Crippen LogP contribution is 2.29. The highest BCUT2D eigenvalue weighted by molar-refractivity contribution is 5.85. The number of hydrogen-bond donors (Lipinski definition) is 2. The lowest BCUT2D eigenvalue weighted by Crippen LogP contribution is -2.54. The van der Waals surface area contributed by atoms with Gasteiger partial charge in [0.1, 0.15) is 12.0 Å². The second-order valence-corrected chi connectivity index (χ2v) is 3.24. The van der Waals surface area contributed by atoms with Crippen molar-refractivity contribution in [2.24, 2.45) is 0 Å². The summed E-state index contributed by atoms with van der Waals surface area (Å²) in [5.41, 5.74) is 0.255. The third-order valence-corrected chi connectivity index (χ3v) is 2.44. The normalized spacial score (nSPS) is 24.6. The van der Waals surface area contributed by atoms with Crippen molar-refractivity contribution in [1.29, 1.82) is 0 Å². The smallest absolute Gasteiger partial charge is 0.150 e. The van der Waals surface area contributed by atoms with Crippen molar-refractivity contribution in [2.75, 3.05) is 6.54 Å². The van der Waals surface area contributed by atoms with Gasteiger partial charge in [0, 0.05) is 24.1 Å². The Kier molecular flexibility index (Phi) is 3.26. The summed E-state index contributed by atoms with van der Waals surface area (Å²) >= 11 is 0. The molecule has 2 rings (SSSR count). The summed E-state index contributed by atoms with van der Waals surface area (Å²) < 4.78 is 0. The maximum absolute atomic E-state index is 10.7. The highest BCUT2D eigenvalue weighted by atomic mass is 35.5. The molecule has 0 aliphatic carbocycles. The van der Waals surface area contributed by atoms with E-state index in [0.29, 0.717) is 17.5 Å². The first-order chi connectivity index (χ1) is 6.26. The van der Waals surface area contributed by atoms with E-state index in [9.17, 15) is 9.90 Å². The number of nitrogens with one attached hydrogen (secondary N) is 1. The molecule has 1 aromatic rings. The summed E-state index contributed by atoms with van der Waals surface area (Å²) in [7, 11) is 0. The monoisotopic (exact) mass is 213 g/mol. The largest absolute Gasteiger partial charge is 0.371 e. The molecule has 1 fully saturated rings. The first-order valence-corrected chi connectivity index (χ1v) is 4.28. The van der Waals surface area contributed by atoms with Gasteiger partial charge in [0.15, 0.2) is 0 Å². The molecule has 0 spiro atoms. The maximum Gasteiger partial charge on any atom is 0.150 e. The summed E-state index contributed by atoms with van der Waals surface area (Å²) in [6.07, 6.45) is 1.44. The van der Waals surface area contributed by atoms with E-state index in [1.807, 2.05) is 6.07 Å². The van der Waals surface area contributed by atoms with E-state index >= 15 is 0 Å². The van der Waals surface area contributed by atoms with Crippen molar-refractivity contribution >= 4 is 18.7 Å². The molecule has 0 unspecified atom stereocenters. The Balaban J connectivity index is 0.000000980. The Morgan fingerprint density at radius 2 is 2.07 bits per heavy atom. The topological polar surface area (TPSA) is 49.3 Å². The Hall–Kier alpha value is -0.900. The fraction of sp³-hybridized carbons (Fsp3) is 0.300.